The molecule has 19 heavy (non-hydrogen) atoms. The number of aromatic nitrogens is 1. The summed E-state index contributed by atoms with van der Waals surface area (Å²) in [6.45, 7) is 4.22. The topological polar surface area (TPSA) is 45.4 Å². The lowest BCUT2D eigenvalue weighted by Gasteiger charge is -2.40. The maximum absolute atomic E-state index is 12.7. The third-order valence-corrected chi connectivity index (χ3v) is 3.34. The highest BCUT2D eigenvalue weighted by molar-refractivity contribution is 5.67. The monoisotopic (exact) mass is 274 g/mol. The third-order valence-electron chi connectivity index (χ3n) is 3.34. The quantitative estimate of drug-likeness (QED) is 0.848. The number of pyridine rings is 1. The maximum atomic E-state index is 12.7. The predicted molar refractivity (Wildman–Crippen MR) is 68.0 cm³/mol. The number of likely N-dealkylation sites (N-methyl/N-ethyl adjacent to an activating group) is 1. The molecular weight excluding hydrogens is 257 g/mol. The van der Waals surface area contributed by atoms with E-state index in [0.717, 1.165) is 25.4 Å². The lowest BCUT2D eigenvalue weighted by molar-refractivity contribution is -0.141. The fourth-order valence-corrected chi connectivity index (χ4v) is 2.36. The van der Waals surface area contributed by atoms with E-state index in [0.29, 0.717) is 12.2 Å². The molecule has 0 amide bonds. The Labute approximate surface area is 110 Å². The summed E-state index contributed by atoms with van der Waals surface area (Å²) in [5.74, 6) is 0. The first-order valence-electron chi connectivity index (χ1n) is 6.07. The average Bonchev–Trinajstić information content (AvgIpc) is 2.29. The first kappa shape index (κ1) is 13.9. The fourth-order valence-electron chi connectivity index (χ4n) is 2.36. The van der Waals surface area contributed by atoms with Crippen molar-refractivity contribution in [2.75, 3.05) is 37.3 Å². The second-order valence-electron chi connectivity index (χ2n) is 4.93. The Balaban J connectivity index is 2.33. The van der Waals surface area contributed by atoms with Crippen LogP contribution in [-0.4, -0.2) is 42.6 Å². The number of nitrogens with zero attached hydrogens (tertiary/aromatic N) is 3. The number of nitrogens with two attached hydrogens (primary N) is 1. The van der Waals surface area contributed by atoms with Gasteiger partial charge in [0.15, 0.2) is 0 Å². The van der Waals surface area contributed by atoms with E-state index >= 15 is 0 Å². The standard InChI is InChI=1S/C12H17F3N4/c1-8-7-18(2)3-4-19(8)10-5-11(12(13,14)15)17-6-9(10)16/h5-6,8H,3-4,7,16H2,1-2H3. The number of nitrogen functional groups attached to an aromatic ring is 1. The molecule has 0 saturated carbocycles. The first-order valence-corrected chi connectivity index (χ1v) is 6.07. The van der Waals surface area contributed by atoms with Crippen molar-refractivity contribution >= 4 is 11.4 Å². The predicted octanol–water partition coefficient (Wildman–Crippen LogP) is 1.82. The molecule has 1 aliphatic heterocycles. The van der Waals surface area contributed by atoms with Gasteiger partial charge in [-0.25, -0.2) is 4.98 Å². The van der Waals surface area contributed by atoms with Crippen molar-refractivity contribution in [2.45, 2.75) is 19.1 Å². The van der Waals surface area contributed by atoms with Crippen molar-refractivity contribution in [1.82, 2.24) is 9.88 Å². The molecule has 0 spiro atoms. The summed E-state index contributed by atoms with van der Waals surface area (Å²) >= 11 is 0. The minimum absolute atomic E-state index is 0.115. The molecule has 2 heterocycles. The Morgan fingerprint density at radius 2 is 2.05 bits per heavy atom. The molecule has 0 aromatic carbocycles. The van der Waals surface area contributed by atoms with Crippen LogP contribution in [0.2, 0.25) is 0 Å². The number of hydrogen-bond acceptors (Lipinski definition) is 4. The molecule has 7 heteroatoms. The SMILES string of the molecule is CC1CN(C)CCN1c1cc(C(F)(F)F)ncc1N. The van der Waals surface area contributed by atoms with Crippen molar-refractivity contribution in [3.8, 4) is 0 Å². The van der Waals surface area contributed by atoms with Crippen LogP contribution in [0.4, 0.5) is 24.5 Å². The van der Waals surface area contributed by atoms with Crippen molar-refractivity contribution < 1.29 is 13.2 Å². The summed E-state index contributed by atoms with van der Waals surface area (Å²) in [4.78, 5) is 7.41. The van der Waals surface area contributed by atoms with Crippen LogP contribution in [0.25, 0.3) is 0 Å². The van der Waals surface area contributed by atoms with Crippen molar-refractivity contribution in [1.29, 1.82) is 0 Å². The van der Waals surface area contributed by atoms with Crippen LogP contribution in [0.3, 0.4) is 0 Å². The summed E-state index contributed by atoms with van der Waals surface area (Å²) in [6.07, 6.45) is -3.36. The third kappa shape index (κ3) is 2.91. The Morgan fingerprint density at radius 1 is 1.37 bits per heavy atom. The highest BCUT2D eigenvalue weighted by Gasteiger charge is 2.34. The Bertz CT molecular complexity index is 461. The van der Waals surface area contributed by atoms with E-state index in [-0.39, 0.29) is 11.7 Å². The lowest BCUT2D eigenvalue weighted by atomic mass is 10.1. The molecule has 2 rings (SSSR count). The van der Waals surface area contributed by atoms with E-state index in [2.05, 4.69) is 9.88 Å². The fraction of sp³-hybridized carbons (Fsp3) is 0.583. The van der Waals surface area contributed by atoms with Gasteiger partial charge in [-0.3, -0.25) is 0 Å². The van der Waals surface area contributed by atoms with Gasteiger partial charge in [-0.15, -0.1) is 0 Å². The van der Waals surface area contributed by atoms with Gasteiger partial charge in [0.1, 0.15) is 5.69 Å². The van der Waals surface area contributed by atoms with Gasteiger partial charge >= 0.3 is 6.18 Å². The van der Waals surface area contributed by atoms with Crippen LogP contribution in [0.1, 0.15) is 12.6 Å². The molecule has 1 saturated heterocycles. The Kier molecular flexibility index (Phi) is 3.58. The van der Waals surface area contributed by atoms with E-state index in [1.807, 2.05) is 18.9 Å². The van der Waals surface area contributed by atoms with E-state index < -0.39 is 11.9 Å². The molecule has 4 nitrogen and oxygen atoms in total. The minimum Gasteiger partial charge on any atom is -0.396 e. The van der Waals surface area contributed by atoms with Crippen LogP contribution in [0, 0.1) is 0 Å². The second-order valence-corrected chi connectivity index (χ2v) is 4.93. The van der Waals surface area contributed by atoms with Gasteiger partial charge in [0, 0.05) is 25.7 Å². The normalized spacial score (nSPS) is 21.7. The summed E-state index contributed by atoms with van der Waals surface area (Å²) in [7, 11) is 1.99. The van der Waals surface area contributed by atoms with Gasteiger partial charge in [0.2, 0.25) is 0 Å². The molecule has 0 aliphatic carbocycles. The smallest absolute Gasteiger partial charge is 0.396 e. The summed E-state index contributed by atoms with van der Waals surface area (Å²) in [5.41, 5.74) is 5.58. The van der Waals surface area contributed by atoms with Crippen molar-refractivity contribution in [3.63, 3.8) is 0 Å². The maximum Gasteiger partial charge on any atom is 0.433 e. The van der Waals surface area contributed by atoms with Gasteiger partial charge in [-0.1, -0.05) is 0 Å². The Morgan fingerprint density at radius 3 is 2.63 bits per heavy atom. The zero-order valence-electron chi connectivity index (χ0n) is 10.9. The molecule has 1 aromatic heterocycles. The number of anilines is 2. The van der Waals surface area contributed by atoms with Gasteiger partial charge in [-0.05, 0) is 20.0 Å². The molecule has 1 aromatic rings. The number of alkyl halides is 3. The van der Waals surface area contributed by atoms with Gasteiger partial charge in [0.05, 0.1) is 17.6 Å². The molecule has 2 N–H and O–H groups in total. The summed E-state index contributed by atoms with van der Waals surface area (Å²) in [5, 5.41) is 0. The molecular formula is C12H17F3N4. The molecule has 106 valence electrons. The van der Waals surface area contributed by atoms with E-state index in [4.69, 9.17) is 5.73 Å². The number of hydrogen-bond donors (Lipinski definition) is 1. The average molecular weight is 274 g/mol. The van der Waals surface area contributed by atoms with Crippen LogP contribution in [0.15, 0.2) is 12.3 Å². The van der Waals surface area contributed by atoms with Crippen LogP contribution in [0.5, 0.6) is 0 Å². The van der Waals surface area contributed by atoms with Crippen LogP contribution >= 0.6 is 0 Å². The molecule has 1 fully saturated rings. The van der Waals surface area contributed by atoms with E-state index in [9.17, 15) is 13.2 Å². The van der Waals surface area contributed by atoms with E-state index in [1.165, 1.54) is 0 Å². The summed E-state index contributed by atoms with van der Waals surface area (Å²) < 4.78 is 38.1. The van der Waals surface area contributed by atoms with Gasteiger partial charge in [-0.2, -0.15) is 13.2 Å². The molecule has 1 unspecified atom stereocenters. The van der Waals surface area contributed by atoms with Crippen LogP contribution in [-0.2, 0) is 6.18 Å². The summed E-state index contributed by atoms with van der Waals surface area (Å²) in [6, 6.07) is 1.15. The lowest BCUT2D eigenvalue weighted by Crippen LogP contribution is -2.50. The van der Waals surface area contributed by atoms with Crippen molar-refractivity contribution in [2.24, 2.45) is 0 Å². The largest absolute Gasteiger partial charge is 0.433 e. The van der Waals surface area contributed by atoms with Crippen molar-refractivity contribution in [3.05, 3.63) is 18.0 Å². The Hall–Kier alpha value is -1.50. The number of piperazine rings is 1. The second kappa shape index (κ2) is 4.88. The van der Waals surface area contributed by atoms with Gasteiger partial charge < -0.3 is 15.5 Å². The van der Waals surface area contributed by atoms with E-state index in [1.54, 1.807) is 0 Å². The molecule has 1 atom stereocenters. The zero-order valence-corrected chi connectivity index (χ0v) is 10.9. The number of rotatable bonds is 1. The highest BCUT2D eigenvalue weighted by atomic mass is 19.4. The molecule has 1 aliphatic rings. The zero-order chi connectivity index (χ0) is 14.2. The number of halogens is 3. The minimum atomic E-state index is -4.45. The van der Waals surface area contributed by atoms with Crippen LogP contribution < -0.4 is 10.6 Å². The van der Waals surface area contributed by atoms with Gasteiger partial charge in [0.25, 0.3) is 0 Å². The highest BCUT2D eigenvalue weighted by Crippen LogP contribution is 2.33. The first-order chi connectivity index (χ1) is 8.79. The molecule has 0 radical (unpaired) electrons. The molecule has 0 bridgehead atoms.